The lowest BCUT2D eigenvalue weighted by atomic mass is 10.1. The number of pyridine rings is 1. The van der Waals surface area contributed by atoms with Crippen LogP contribution in [0.5, 0.6) is 0 Å². The van der Waals surface area contributed by atoms with Gasteiger partial charge in [0, 0.05) is 30.9 Å². The van der Waals surface area contributed by atoms with E-state index < -0.39 is 0 Å². The molecule has 2 aliphatic heterocycles. The zero-order chi connectivity index (χ0) is 23.1. The van der Waals surface area contributed by atoms with Gasteiger partial charge in [0.05, 0.1) is 58.9 Å². The molecule has 0 saturated carbocycles. The molecule has 2 saturated heterocycles. The molecule has 4 aromatic rings. The summed E-state index contributed by atoms with van der Waals surface area (Å²) in [5, 5.41) is 8.66. The van der Waals surface area contributed by atoms with Gasteiger partial charge < -0.3 is 19.7 Å². The number of aromatic nitrogens is 3. The Morgan fingerprint density at radius 1 is 1.12 bits per heavy atom. The molecular formula is C25H25N5O3S. The van der Waals surface area contributed by atoms with Gasteiger partial charge >= 0.3 is 0 Å². The van der Waals surface area contributed by atoms with Crippen LogP contribution in [0.3, 0.4) is 0 Å². The number of thiophene rings is 1. The van der Waals surface area contributed by atoms with E-state index in [1.807, 2.05) is 29.1 Å². The molecule has 2 aliphatic rings. The monoisotopic (exact) mass is 475 g/mol. The molecule has 2 fully saturated rings. The van der Waals surface area contributed by atoms with Crippen molar-refractivity contribution in [3.63, 3.8) is 0 Å². The van der Waals surface area contributed by atoms with Crippen LogP contribution >= 0.6 is 11.3 Å². The number of rotatable bonds is 5. The van der Waals surface area contributed by atoms with E-state index in [1.54, 1.807) is 11.3 Å². The van der Waals surface area contributed by atoms with Crippen LogP contribution in [-0.4, -0.2) is 60.2 Å². The highest BCUT2D eigenvalue weighted by atomic mass is 32.1. The smallest absolute Gasteiger partial charge is 0.232 e. The van der Waals surface area contributed by atoms with Gasteiger partial charge in [-0.3, -0.25) is 4.79 Å². The first kappa shape index (κ1) is 21.3. The molecule has 0 bridgehead atoms. The SMILES string of the molecule is Cc1cccc(-c2ccn(-c3cc(N4CCOCC4)c4sc(NC(=O)C5COC5)cc4n3)n2)c1. The van der Waals surface area contributed by atoms with Gasteiger partial charge in [0.25, 0.3) is 0 Å². The minimum atomic E-state index is -0.0726. The minimum Gasteiger partial charge on any atom is -0.380 e. The van der Waals surface area contributed by atoms with Crippen LogP contribution in [-0.2, 0) is 14.3 Å². The van der Waals surface area contributed by atoms with E-state index >= 15 is 0 Å². The number of amides is 1. The first-order valence-corrected chi connectivity index (χ1v) is 12.2. The third-order valence-electron chi connectivity index (χ3n) is 6.19. The number of ether oxygens (including phenoxy) is 2. The maximum atomic E-state index is 12.5. The fourth-order valence-corrected chi connectivity index (χ4v) is 5.27. The normalized spacial score (nSPS) is 16.6. The molecule has 0 unspecified atom stereocenters. The van der Waals surface area contributed by atoms with E-state index in [0.717, 1.165) is 51.1 Å². The van der Waals surface area contributed by atoms with Gasteiger partial charge in [-0.2, -0.15) is 5.10 Å². The average Bonchev–Trinajstić information content (AvgIpc) is 3.45. The summed E-state index contributed by atoms with van der Waals surface area (Å²) in [7, 11) is 0. The third kappa shape index (κ3) is 4.06. The topological polar surface area (TPSA) is 81.5 Å². The Bertz CT molecular complexity index is 1350. The minimum absolute atomic E-state index is 0.000764. The highest BCUT2D eigenvalue weighted by Gasteiger charge is 2.27. The maximum Gasteiger partial charge on any atom is 0.232 e. The number of anilines is 2. The van der Waals surface area contributed by atoms with Crippen molar-refractivity contribution in [1.29, 1.82) is 0 Å². The highest BCUT2D eigenvalue weighted by Crippen LogP contribution is 2.38. The predicted octanol–water partition coefficient (Wildman–Crippen LogP) is 3.88. The highest BCUT2D eigenvalue weighted by molar-refractivity contribution is 7.23. The molecule has 0 radical (unpaired) electrons. The van der Waals surface area contributed by atoms with Gasteiger partial charge in [-0.15, -0.1) is 11.3 Å². The van der Waals surface area contributed by atoms with Crippen LogP contribution in [0.4, 0.5) is 10.7 Å². The maximum absolute atomic E-state index is 12.5. The Kier molecular flexibility index (Phi) is 5.52. The van der Waals surface area contributed by atoms with Crippen molar-refractivity contribution < 1.29 is 14.3 Å². The number of nitrogens with one attached hydrogen (secondary N) is 1. The largest absolute Gasteiger partial charge is 0.380 e. The van der Waals surface area contributed by atoms with Gasteiger partial charge in [-0.05, 0) is 25.1 Å². The van der Waals surface area contributed by atoms with E-state index in [1.165, 1.54) is 5.56 Å². The van der Waals surface area contributed by atoms with Crippen LogP contribution in [0.15, 0.2) is 48.7 Å². The molecule has 3 aromatic heterocycles. The van der Waals surface area contributed by atoms with E-state index in [4.69, 9.17) is 19.6 Å². The van der Waals surface area contributed by atoms with E-state index in [0.29, 0.717) is 26.4 Å². The second kappa shape index (κ2) is 8.83. The van der Waals surface area contributed by atoms with Crippen LogP contribution < -0.4 is 10.2 Å². The van der Waals surface area contributed by atoms with Crippen molar-refractivity contribution in [1.82, 2.24) is 14.8 Å². The summed E-state index contributed by atoms with van der Waals surface area (Å²) < 4.78 is 13.6. The molecule has 0 aliphatic carbocycles. The standard InChI is InChI=1S/C25H25N5O3S/c1-16-3-2-4-17(11-16)19-5-6-30(28-19)22-13-21(29-7-9-32-10-8-29)24-20(26-22)12-23(34-24)27-25(31)18-14-33-15-18/h2-6,11-13,18H,7-10,14-15H2,1H3,(H,27,31). The van der Waals surface area contributed by atoms with Crippen molar-refractivity contribution in [2.45, 2.75) is 6.92 Å². The van der Waals surface area contributed by atoms with Gasteiger partial charge in [0.2, 0.25) is 5.91 Å². The van der Waals surface area contributed by atoms with E-state index in [-0.39, 0.29) is 11.8 Å². The van der Waals surface area contributed by atoms with Crippen molar-refractivity contribution in [2.24, 2.45) is 5.92 Å². The van der Waals surface area contributed by atoms with Crippen molar-refractivity contribution in [2.75, 3.05) is 49.7 Å². The Morgan fingerprint density at radius 3 is 2.74 bits per heavy atom. The molecule has 0 atom stereocenters. The Hall–Kier alpha value is -3.27. The molecule has 1 aromatic carbocycles. The van der Waals surface area contributed by atoms with Crippen LogP contribution in [0.1, 0.15) is 5.56 Å². The lowest BCUT2D eigenvalue weighted by Gasteiger charge is -2.29. The summed E-state index contributed by atoms with van der Waals surface area (Å²) in [4.78, 5) is 19.7. The lowest BCUT2D eigenvalue weighted by Crippen LogP contribution is -2.38. The second-order valence-corrected chi connectivity index (χ2v) is 9.71. The summed E-state index contributed by atoms with van der Waals surface area (Å²) in [5.74, 6) is 0.674. The summed E-state index contributed by atoms with van der Waals surface area (Å²) >= 11 is 1.56. The fourth-order valence-electron chi connectivity index (χ4n) is 4.23. The first-order valence-electron chi connectivity index (χ1n) is 11.4. The van der Waals surface area contributed by atoms with Crippen molar-refractivity contribution in [3.05, 3.63) is 54.2 Å². The van der Waals surface area contributed by atoms with Gasteiger partial charge in [0.1, 0.15) is 0 Å². The van der Waals surface area contributed by atoms with Crippen molar-refractivity contribution in [3.8, 4) is 17.1 Å². The molecule has 9 heteroatoms. The van der Waals surface area contributed by atoms with Gasteiger partial charge in [-0.25, -0.2) is 9.67 Å². The molecule has 174 valence electrons. The summed E-state index contributed by atoms with van der Waals surface area (Å²) in [6.45, 7) is 6.05. The summed E-state index contributed by atoms with van der Waals surface area (Å²) in [5.41, 5.74) is 5.11. The lowest BCUT2D eigenvalue weighted by molar-refractivity contribution is -0.133. The molecule has 8 nitrogen and oxygen atoms in total. The van der Waals surface area contributed by atoms with E-state index in [9.17, 15) is 4.79 Å². The molecule has 1 N–H and O–H groups in total. The summed E-state index contributed by atoms with van der Waals surface area (Å²) in [6.07, 6.45) is 1.95. The number of carbonyl (C=O) groups is 1. The quantitative estimate of drug-likeness (QED) is 0.472. The van der Waals surface area contributed by atoms with Crippen LogP contribution in [0, 0.1) is 12.8 Å². The number of hydrogen-bond donors (Lipinski definition) is 1. The van der Waals surface area contributed by atoms with Crippen LogP contribution in [0.2, 0.25) is 0 Å². The molecule has 5 heterocycles. The zero-order valence-electron chi connectivity index (χ0n) is 18.9. The number of nitrogens with zero attached hydrogens (tertiary/aromatic N) is 4. The number of fused-ring (bicyclic) bond motifs is 1. The molecule has 0 spiro atoms. The van der Waals surface area contributed by atoms with Crippen molar-refractivity contribution >= 4 is 38.1 Å². The van der Waals surface area contributed by atoms with Gasteiger partial charge in [0.15, 0.2) is 5.82 Å². The molecular weight excluding hydrogens is 450 g/mol. The third-order valence-corrected chi connectivity index (χ3v) is 7.25. The summed E-state index contributed by atoms with van der Waals surface area (Å²) in [6, 6.07) is 14.4. The van der Waals surface area contributed by atoms with E-state index in [2.05, 4.69) is 41.4 Å². The number of carbonyl (C=O) groups excluding carboxylic acids is 1. The first-order chi connectivity index (χ1) is 16.6. The zero-order valence-corrected chi connectivity index (χ0v) is 19.7. The molecule has 1 amide bonds. The Morgan fingerprint density at radius 2 is 1.97 bits per heavy atom. The number of benzene rings is 1. The number of aryl methyl sites for hydroxylation is 1. The van der Waals surface area contributed by atoms with Gasteiger partial charge in [-0.1, -0.05) is 23.8 Å². The molecule has 6 rings (SSSR count). The number of hydrogen-bond acceptors (Lipinski definition) is 7. The Labute approximate surface area is 201 Å². The second-order valence-electron chi connectivity index (χ2n) is 8.66. The predicted molar refractivity (Wildman–Crippen MR) is 133 cm³/mol. The average molecular weight is 476 g/mol. The Balaban J connectivity index is 1.39. The number of morpholine rings is 1. The molecule has 34 heavy (non-hydrogen) atoms. The van der Waals surface area contributed by atoms with Crippen LogP contribution in [0.25, 0.3) is 27.3 Å². The fraction of sp³-hybridized carbons (Fsp3) is 0.320.